The second-order valence-corrected chi connectivity index (χ2v) is 6.49. The highest BCUT2D eigenvalue weighted by Gasteiger charge is 2.34. The Labute approximate surface area is 146 Å². The number of rotatable bonds is 14. The molecular formula is C19H33N3O2. The summed E-state index contributed by atoms with van der Waals surface area (Å²) in [6.07, 6.45) is 18.4. The van der Waals surface area contributed by atoms with Gasteiger partial charge in [0.15, 0.2) is 0 Å². The fourth-order valence-electron chi connectivity index (χ4n) is 3.08. The number of nitrogens with zero attached hydrogens (tertiary/aromatic N) is 2. The lowest BCUT2D eigenvalue weighted by atomic mass is 10.1. The number of allylic oxidation sites excluding steroid dienone is 2. The number of hydrogen-bond donors (Lipinski definition) is 1. The molecule has 0 aromatic heterocycles. The molecule has 0 aliphatic carbocycles. The van der Waals surface area contributed by atoms with Crippen molar-refractivity contribution in [2.24, 2.45) is 10.7 Å². The van der Waals surface area contributed by atoms with Crippen molar-refractivity contribution in [1.29, 1.82) is 0 Å². The van der Waals surface area contributed by atoms with E-state index in [1.54, 1.807) is 6.20 Å². The molecule has 2 N–H and O–H groups in total. The van der Waals surface area contributed by atoms with Crippen LogP contribution in [0.2, 0.25) is 0 Å². The molecule has 0 saturated heterocycles. The largest absolute Gasteiger partial charge is 0.544 e. The van der Waals surface area contributed by atoms with Crippen LogP contribution in [0.1, 0.15) is 64.7 Å². The van der Waals surface area contributed by atoms with Crippen molar-refractivity contribution in [3.63, 3.8) is 0 Å². The summed E-state index contributed by atoms with van der Waals surface area (Å²) in [4.78, 5) is 15.4. The van der Waals surface area contributed by atoms with Gasteiger partial charge in [0.1, 0.15) is 19.3 Å². The molecule has 136 valence electrons. The van der Waals surface area contributed by atoms with Gasteiger partial charge in [0.25, 0.3) is 0 Å². The molecule has 0 bridgehead atoms. The van der Waals surface area contributed by atoms with Crippen molar-refractivity contribution in [1.82, 2.24) is 0 Å². The fraction of sp³-hybridized carbons (Fsp3) is 0.684. The van der Waals surface area contributed by atoms with Crippen molar-refractivity contribution >= 4 is 11.8 Å². The number of carboxylic acids is 1. The van der Waals surface area contributed by atoms with Crippen LogP contribution in [0.3, 0.4) is 0 Å². The summed E-state index contributed by atoms with van der Waals surface area (Å²) in [5.74, 6) is -0.151. The van der Waals surface area contributed by atoms with E-state index in [-0.39, 0.29) is 11.0 Å². The van der Waals surface area contributed by atoms with Crippen LogP contribution in [-0.2, 0) is 4.79 Å². The first kappa shape index (κ1) is 20.6. The Morgan fingerprint density at radius 1 is 1.21 bits per heavy atom. The van der Waals surface area contributed by atoms with E-state index in [0.29, 0.717) is 13.1 Å². The molecule has 1 aliphatic heterocycles. The summed E-state index contributed by atoms with van der Waals surface area (Å²) >= 11 is 0. The molecule has 0 spiro atoms. The lowest BCUT2D eigenvalue weighted by Crippen LogP contribution is -2.55. The number of hydrogen-bond acceptors (Lipinski definition) is 4. The van der Waals surface area contributed by atoms with Crippen LogP contribution in [-0.4, -0.2) is 35.9 Å². The van der Waals surface area contributed by atoms with Crippen LogP contribution >= 0.6 is 0 Å². The zero-order valence-corrected chi connectivity index (χ0v) is 15.1. The number of carbonyl (C=O) groups is 1. The van der Waals surface area contributed by atoms with Gasteiger partial charge in [-0.3, -0.25) is 0 Å². The van der Waals surface area contributed by atoms with Gasteiger partial charge in [-0.1, -0.05) is 44.8 Å². The number of aliphatic imine (C=N–C) groups is 1. The summed E-state index contributed by atoms with van der Waals surface area (Å²) in [5.41, 5.74) is 5.66. The molecule has 0 saturated carbocycles. The van der Waals surface area contributed by atoms with E-state index in [1.165, 1.54) is 32.1 Å². The molecule has 1 heterocycles. The minimum atomic E-state index is -1.06. The Hall–Kier alpha value is -1.46. The van der Waals surface area contributed by atoms with Gasteiger partial charge < -0.3 is 15.6 Å². The first-order chi connectivity index (χ1) is 11.6. The van der Waals surface area contributed by atoms with Crippen LogP contribution in [0.25, 0.3) is 0 Å². The highest BCUT2D eigenvalue weighted by Crippen LogP contribution is 2.20. The molecule has 1 rings (SSSR count). The molecule has 1 unspecified atom stereocenters. The van der Waals surface area contributed by atoms with Gasteiger partial charge in [0.2, 0.25) is 5.84 Å². The minimum Gasteiger partial charge on any atom is -0.544 e. The Kier molecular flexibility index (Phi) is 10.3. The molecule has 5 heteroatoms. The number of carboxylic acid groups (broad SMARTS) is 1. The van der Waals surface area contributed by atoms with E-state index in [0.717, 1.165) is 31.5 Å². The number of nitrogens with two attached hydrogens (primary N) is 1. The molecule has 0 amide bonds. The van der Waals surface area contributed by atoms with E-state index < -0.39 is 5.97 Å². The van der Waals surface area contributed by atoms with Gasteiger partial charge in [0.05, 0.1) is 12.2 Å². The average Bonchev–Trinajstić information content (AvgIpc) is 2.91. The van der Waals surface area contributed by atoms with E-state index >= 15 is 0 Å². The lowest BCUT2D eigenvalue weighted by molar-refractivity contribution is -0.780. The van der Waals surface area contributed by atoms with Crippen LogP contribution in [0, 0.1) is 0 Å². The van der Waals surface area contributed by atoms with Crippen LogP contribution < -0.4 is 10.8 Å². The molecule has 1 aliphatic rings. The predicted molar refractivity (Wildman–Crippen MR) is 97.0 cm³/mol. The monoisotopic (exact) mass is 335 g/mol. The third-order valence-corrected chi connectivity index (χ3v) is 4.44. The van der Waals surface area contributed by atoms with Gasteiger partial charge in [-0.25, -0.2) is 9.48 Å². The summed E-state index contributed by atoms with van der Waals surface area (Å²) < 4.78 is 0.235. The lowest BCUT2D eigenvalue weighted by Gasteiger charge is -2.32. The predicted octanol–water partition coefficient (Wildman–Crippen LogP) is 2.48. The third kappa shape index (κ3) is 7.41. The Morgan fingerprint density at radius 2 is 1.92 bits per heavy atom. The van der Waals surface area contributed by atoms with Crippen molar-refractivity contribution in [2.45, 2.75) is 64.7 Å². The molecule has 24 heavy (non-hydrogen) atoms. The Morgan fingerprint density at radius 3 is 2.58 bits per heavy atom. The SMILES string of the molecule is CCCC/C=C/CCCCCCC1=NC=C[N+]1(CCN)CC(=O)[O-]. The first-order valence-electron chi connectivity index (χ1n) is 9.31. The van der Waals surface area contributed by atoms with Crippen molar-refractivity contribution < 1.29 is 14.4 Å². The van der Waals surface area contributed by atoms with Gasteiger partial charge in [-0.05, 0) is 25.7 Å². The summed E-state index contributed by atoms with van der Waals surface area (Å²) in [5, 5.41) is 11.1. The quantitative estimate of drug-likeness (QED) is 0.301. The highest BCUT2D eigenvalue weighted by atomic mass is 16.4. The summed E-state index contributed by atoms with van der Waals surface area (Å²) in [6, 6.07) is 0. The molecular weight excluding hydrogens is 302 g/mol. The van der Waals surface area contributed by atoms with E-state index in [4.69, 9.17) is 5.73 Å². The maximum Gasteiger partial charge on any atom is 0.207 e. The van der Waals surface area contributed by atoms with Crippen molar-refractivity contribution in [3.05, 3.63) is 24.6 Å². The van der Waals surface area contributed by atoms with Crippen molar-refractivity contribution in [3.8, 4) is 0 Å². The van der Waals surface area contributed by atoms with Crippen LogP contribution in [0.15, 0.2) is 29.5 Å². The molecule has 1 atom stereocenters. The first-order valence-corrected chi connectivity index (χ1v) is 9.31. The molecule has 0 aromatic rings. The Bertz CT molecular complexity index is 458. The van der Waals surface area contributed by atoms with Crippen molar-refractivity contribution in [2.75, 3.05) is 19.6 Å². The molecule has 0 fully saturated rings. The van der Waals surface area contributed by atoms with E-state index in [1.807, 2.05) is 6.20 Å². The Balaban J connectivity index is 2.24. The smallest absolute Gasteiger partial charge is 0.207 e. The maximum absolute atomic E-state index is 11.1. The maximum atomic E-state index is 11.1. The second kappa shape index (κ2) is 12.0. The third-order valence-electron chi connectivity index (χ3n) is 4.44. The zero-order valence-electron chi connectivity index (χ0n) is 15.1. The van der Waals surface area contributed by atoms with Gasteiger partial charge in [-0.2, -0.15) is 0 Å². The fourth-order valence-corrected chi connectivity index (χ4v) is 3.08. The van der Waals surface area contributed by atoms with Gasteiger partial charge in [0, 0.05) is 13.0 Å². The molecule has 0 aromatic carbocycles. The standard InChI is InChI=1S/C19H33N3O2/c1-2-3-4-5-6-7-8-9-10-11-12-18-21-14-16-22(18,15-13-20)17-19(23)24/h5-6,14,16H,2-4,7-13,15,17,20H2,1H3/b6-5+. The van der Waals surface area contributed by atoms with Gasteiger partial charge >= 0.3 is 0 Å². The highest BCUT2D eigenvalue weighted by molar-refractivity contribution is 5.80. The minimum absolute atomic E-state index is 0.0743. The molecule has 5 nitrogen and oxygen atoms in total. The zero-order chi connectivity index (χ0) is 17.7. The number of quaternary nitrogens is 1. The summed E-state index contributed by atoms with van der Waals surface area (Å²) in [6.45, 7) is 3.13. The molecule has 0 radical (unpaired) electrons. The topological polar surface area (TPSA) is 78.5 Å². The van der Waals surface area contributed by atoms with Crippen LogP contribution in [0.5, 0.6) is 0 Å². The number of carbonyl (C=O) groups excluding carboxylic acids is 1. The summed E-state index contributed by atoms with van der Waals surface area (Å²) in [7, 11) is 0. The second-order valence-electron chi connectivity index (χ2n) is 6.49. The van der Waals surface area contributed by atoms with Crippen LogP contribution in [0.4, 0.5) is 0 Å². The number of unbranched alkanes of at least 4 members (excludes halogenated alkanes) is 6. The van der Waals surface area contributed by atoms with Gasteiger partial charge in [-0.15, -0.1) is 0 Å². The number of aliphatic carboxylic acids is 1. The van der Waals surface area contributed by atoms with E-state index in [9.17, 15) is 9.90 Å². The average molecular weight is 335 g/mol. The number of amidine groups is 1. The van der Waals surface area contributed by atoms with E-state index in [2.05, 4.69) is 24.1 Å². The normalized spacial score (nSPS) is 20.0.